The molecule has 0 radical (unpaired) electrons. The second kappa shape index (κ2) is 8.76. The lowest BCUT2D eigenvalue weighted by Gasteiger charge is -2.35. The van der Waals surface area contributed by atoms with Gasteiger partial charge in [0.15, 0.2) is 0 Å². The van der Waals surface area contributed by atoms with Crippen LogP contribution in [-0.2, 0) is 4.74 Å². The number of benzene rings is 1. The molecule has 3 rings (SSSR count). The number of para-hydroxylation sites is 1. The average Bonchev–Trinajstić information content (AvgIpc) is 2.59. The predicted molar refractivity (Wildman–Crippen MR) is 92.8 cm³/mol. The lowest BCUT2D eigenvalue weighted by atomic mass is 10.0. The molecule has 5 nitrogen and oxygen atoms in total. The highest BCUT2D eigenvalue weighted by Crippen LogP contribution is 2.19. The van der Waals surface area contributed by atoms with E-state index in [9.17, 15) is 9.50 Å². The third kappa shape index (κ3) is 5.14. The number of hydrogen-bond donors (Lipinski definition) is 2. The number of likely N-dealkylation sites (tertiary alicyclic amines) is 1. The molecule has 1 atom stereocenters. The average molecular weight is 337 g/mol. The summed E-state index contributed by atoms with van der Waals surface area (Å²) >= 11 is 0. The molecule has 2 aliphatic rings. The van der Waals surface area contributed by atoms with Crippen molar-refractivity contribution in [3.63, 3.8) is 0 Å². The minimum absolute atomic E-state index is 0.194. The van der Waals surface area contributed by atoms with Gasteiger partial charge in [-0.1, -0.05) is 12.1 Å². The number of hydrogen-bond acceptors (Lipinski definition) is 5. The maximum atomic E-state index is 13.7. The van der Waals surface area contributed by atoms with Crippen LogP contribution in [0, 0.1) is 5.82 Å². The summed E-state index contributed by atoms with van der Waals surface area (Å²) in [5.41, 5.74) is 0.586. The van der Waals surface area contributed by atoms with E-state index < -0.39 is 0 Å². The predicted octanol–water partition coefficient (Wildman–Crippen LogP) is 1.40. The van der Waals surface area contributed by atoms with Crippen LogP contribution in [0.4, 0.5) is 10.1 Å². The second-order valence-corrected chi connectivity index (χ2v) is 6.77. The van der Waals surface area contributed by atoms with E-state index in [4.69, 9.17) is 4.74 Å². The number of rotatable bonds is 6. The standard InChI is InChI=1S/C18H28FN3O2/c19-17-3-1-2-4-18(17)20-15-5-7-21(8-6-15)13-16(23)14-22-9-11-24-12-10-22/h1-4,15-16,20,23H,5-14H2/t16-/m0/s1. The first-order valence-corrected chi connectivity index (χ1v) is 8.92. The molecule has 2 N–H and O–H groups in total. The number of halogens is 1. The van der Waals surface area contributed by atoms with Crippen LogP contribution in [-0.4, -0.2) is 79.5 Å². The van der Waals surface area contributed by atoms with Crippen molar-refractivity contribution in [2.24, 2.45) is 0 Å². The van der Waals surface area contributed by atoms with Crippen molar-refractivity contribution in [1.29, 1.82) is 0 Å². The van der Waals surface area contributed by atoms with Gasteiger partial charge in [0.05, 0.1) is 25.0 Å². The molecular weight excluding hydrogens is 309 g/mol. The van der Waals surface area contributed by atoms with E-state index >= 15 is 0 Å². The lowest BCUT2D eigenvalue weighted by Crippen LogP contribution is -2.47. The second-order valence-electron chi connectivity index (χ2n) is 6.77. The van der Waals surface area contributed by atoms with E-state index in [0.29, 0.717) is 18.3 Å². The number of aliphatic hydroxyl groups excluding tert-OH is 1. The Hall–Kier alpha value is -1.21. The molecule has 2 aliphatic heterocycles. The van der Waals surface area contributed by atoms with Crippen LogP contribution in [0.3, 0.4) is 0 Å². The fourth-order valence-corrected chi connectivity index (χ4v) is 3.50. The van der Waals surface area contributed by atoms with Gasteiger partial charge in [-0.2, -0.15) is 0 Å². The highest BCUT2D eigenvalue weighted by atomic mass is 19.1. The zero-order valence-corrected chi connectivity index (χ0v) is 14.2. The van der Waals surface area contributed by atoms with Gasteiger partial charge in [-0.15, -0.1) is 0 Å². The van der Waals surface area contributed by atoms with Gasteiger partial charge >= 0.3 is 0 Å². The van der Waals surface area contributed by atoms with Crippen LogP contribution in [0.5, 0.6) is 0 Å². The van der Waals surface area contributed by atoms with Crippen molar-refractivity contribution < 1.29 is 14.2 Å². The molecule has 2 saturated heterocycles. The molecule has 0 spiro atoms. The summed E-state index contributed by atoms with van der Waals surface area (Å²) in [6.07, 6.45) is 1.62. The summed E-state index contributed by atoms with van der Waals surface area (Å²) in [4.78, 5) is 4.57. The first-order chi connectivity index (χ1) is 11.7. The third-order valence-corrected chi connectivity index (χ3v) is 4.86. The third-order valence-electron chi connectivity index (χ3n) is 4.86. The maximum Gasteiger partial charge on any atom is 0.146 e. The van der Waals surface area contributed by atoms with E-state index in [1.165, 1.54) is 6.07 Å². The summed E-state index contributed by atoms with van der Waals surface area (Å²) in [5.74, 6) is -0.194. The number of morpholine rings is 1. The largest absolute Gasteiger partial charge is 0.390 e. The Balaban J connectivity index is 1.38. The number of nitrogens with zero attached hydrogens (tertiary/aromatic N) is 2. The molecule has 0 unspecified atom stereocenters. The zero-order valence-electron chi connectivity index (χ0n) is 14.2. The summed E-state index contributed by atoms with van der Waals surface area (Å²) < 4.78 is 19.0. The number of nitrogens with one attached hydrogen (secondary N) is 1. The molecule has 6 heteroatoms. The molecule has 1 aromatic rings. The fourth-order valence-electron chi connectivity index (χ4n) is 3.50. The van der Waals surface area contributed by atoms with E-state index in [0.717, 1.165) is 58.8 Å². The van der Waals surface area contributed by atoms with Crippen molar-refractivity contribution in [1.82, 2.24) is 9.80 Å². The molecule has 134 valence electrons. The lowest BCUT2D eigenvalue weighted by molar-refractivity contribution is 0.00531. The number of anilines is 1. The summed E-state index contributed by atoms with van der Waals surface area (Å²) in [5, 5.41) is 13.6. The van der Waals surface area contributed by atoms with Crippen molar-refractivity contribution in [2.45, 2.75) is 25.0 Å². The molecule has 0 aliphatic carbocycles. The Bertz CT molecular complexity index is 503. The molecule has 2 heterocycles. The Kier molecular flexibility index (Phi) is 6.43. The minimum Gasteiger partial charge on any atom is -0.390 e. The number of piperidine rings is 1. The van der Waals surface area contributed by atoms with E-state index in [1.54, 1.807) is 12.1 Å². The van der Waals surface area contributed by atoms with Gasteiger partial charge in [-0.3, -0.25) is 4.90 Å². The van der Waals surface area contributed by atoms with Gasteiger partial charge in [0.2, 0.25) is 0 Å². The molecular formula is C18H28FN3O2. The molecule has 24 heavy (non-hydrogen) atoms. The van der Waals surface area contributed by atoms with Gasteiger partial charge in [0.1, 0.15) is 5.82 Å². The fraction of sp³-hybridized carbons (Fsp3) is 0.667. The Morgan fingerprint density at radius 1 is 1.08 bits per heavy atom. The van der Waals surface area contributed by atoms with Gasteiger partial charge in [0, 0.05) is 45.3 Å². The van der Waals surface area contributed by atoms with Crippen LogP contribution in [0.25, 0.3) is 0 Å². The zero-order chi connectivity index (χ0) is 16.8. The van der Waals surface area contributed by atoms with Crippen LogP contribution in [0.1, 0.15) is 12.8 Å². The van der Waals surface area contributed by atoms with Crippen molar-refractivity contribution in [3.8, 4) is 0 Å². The minimum atomic E-state index is -0.320. The molecule has 0 amide bonds. The van der Waals surface area contributed by atoms with Crippen LogP contribution < -0.4 is 5.32 Å². The number of β-amino-alcohol motifs (C(OH)–C–C–N with tert-alkyl or cyclic N) is 1. The van der Waals surface area contributed by atoms with E-state index in [2.05, 4.69) is 15.1 Å². The maximum absolute atomic E-state index is 13.7. The van der Waals surface area contributed by atoms with E-state index in [1.807, 2.05) is 6.07 Å². The number of ether oxygens (including phenoxy) is 1. The molecule has 2 fully saturated rings. The highest BCUT2D eigenvalue weighted by Gasteiger charge is 2.23. The van der Waals surface area contributed by atoms with Gasteiger partial charge < -0.3 is 20.1 Å². The topological polar surface area (TPSA) is 48.0 Å². The SMILES string of the molecule is O[C@H](CN1CCOCC1)CN1CCC(Nc2ccccc2F)CC1. The van der Waals surface area contributed by atoms with Crippen LogP contribution in [0.15, 0.2) is 24.3 Å². The quantitative estimate of drug-likeness (QED) is 0.822. The summed E-state index contributed by atoms with van der Waals surface area (Å²) in [7, 11) is 0. The molecule has 0 aromatic heterocycles. The van der Waals surface area contributed by atoms with E-state index in [-0.39, 0.29) is 11.9 Å². The molecule has 0 saturated carbocycles. The van der Waals surface area contributed by atoms with Crippen molar-refractivity contribution in [2.75, 3.05) is 57.8 Å². The summed E-state index contributed by atoms with van der Waals surface area (Å²) in [6.45, 7) is 6.65. The number of aliphatic hydroxyl groups is 1. The molecule has 0 bridgehead atoms. The monoisotopic (exact) mass is 337 g/mol. The Labute approximate surface area is 143 Å². The van der Waals surface area contributed by atoms with Crippen LogP contribution >= 0.6 is 0 Å². The Morgan fingerprint density at radius 2 is 1.71 bits per heavy atom. The smallest absolute Gasteiger partial charge is 0.146 e. The highest BCUT2D eigenvalue weighted by molar-refractivity contribution is 5.45. The van der Waals surface area contributed by atoms with Crippen molar-refractivity contribution in [3.05, 3.63) is 30.1 Å². The van der Waals surface area contributed by atoms with Gasteiger partial charge in [0.25, 0.3) is 0 Å². The van der Waals surface area contributed by atoms with Gasteiger partial charge in [-0.25, -0.2) is 4.39 Å². The Morgan fingerprint density at radius 3 is 2.38 bits per heavy atom. The molecule has 1 aromatic carbocycles. The van der Waals surface area contributed by atoms with Crippen molar-refractivity contribution >= 4 is 5.69 Å². The van der Waals surface area contributed by atoms with Crippen LogP contribution in [0.2, 0.25) is 0 Å². The first kappa shape index (κ1) is 17.6. The first-order valence-electron chi connectivity index (χ1n) is 8.92. The normalized spacial score (nSPS) is 22.4. The van der Waals surface area contributed by atoms with Gasteiger partial charge in [-0.05, 0) is 25.0 Å². The summed E-state index contributed by atoms with van der Waals surface area (Å²) in [6, 6.07) is 7.13.